The first-order valence-corrected chi connectivity index (χ1v) is 5.20. The van der Waals surface area contributed by atoms with E-state index in [1.807, 2.05) is 0 Å². The molecule has 1 fully saturated rings. The van der Waals surface area contributed by atoms with E-state index in [9.17, 15) is 0 Å². The smallest absolute Gasteiger partial charge is 0.00207 e. The van der Waals surface area contributed by atoms with Crippen molar-refractivity contribution in [1.29, 1.82) is 0 Å². The highest BCUT2D eigenvalue weighted by Gasteiger charge is 2.17. The zero-order valence-electron chi connectivity index (χ0n) is 8.62. The molecule has 2 rings (SSSR count). The maximum atomic E-state index is 3.42. The van der Waals surface area contributed by atoms with Crippen LogP contribution in [0, 0.1) is 0 Å². The Bertz CT molecular complexity index is 279. The van der Waals surface area contributed by atoms with Crippen LogP contribution in [-0.4, -0.2) is 13.1 Å². The molecule has 0 saturated carbocycles. The van der Waals surface area contributed by atoms with Crippen molar-refractivity contribution in [3.8, 4) is 0 Å². The lowest BCUT2D eigenvalue weighted by Crippen LogP contribution is -2.09. The third kappa shape index (κ3) is 2.28. The van der Waals surface area contributed by atoms with Gasteiger partial charge in [0.2, 0.25) is 0 Å². The highest BCUT2D eigenvalue weighted by atomic mass is 35.5. The summed E-state index contributed by atoms with van der Waals surface area (Å²) in [5, 5.41) is 3.42. The van der Waals surface area contributed by atoms with Crippen LogP contribution >= 0.6 is 12.4 Å². The lowest BCUT2D eigenvalue weighted by molar-refractivity contribution is 0.751. The largest absolute Gasteiger partial charge is 0.316 e. The summed E-state index contributed by atoms with van der Waals surface area (Å²) < 4.78 is 0. The minimum atomic E-state index is 0. The number of rotatable bonds is 2. The van der Waals surface area contributed by atoms with Gasteiger partial charge in [-0.25, -0.2) is 0 Å². The molecule has 14 heavy (non-hydrogen) atoms. The molecule has 1 saturated heterocycles. The van der Waals surface area contributed by atoms with Crippen molar-refractivity contribution in [2.24, 2.45) is 0 Å². The topological polar surface area (TPSA) is 12.0 Å². The fraction of sp³-hybridized carbons (Fsp3) is 0.500. The van der Waals surface area contributed by atoms with E-state index >= 15 is 0 Å². The Balaban J connectivity index is 0.000000980. The Hall–Kier alpha value is -0.530. The number of nitrogens with one attached hydrogen (secondary N) is 1. The monoisotopic (exact) mass is 211 g/mol. The highest BCUT2D eigenvalue weighted by molar-refractivity contribution is 5.85. The zero-order valence-corrected chi connectivity index (χ0v) is 9.44. The van der Waals surface area contributed by atoms with Crippen LogP contribution in [0.15, 0.2) is 24.3 Å². The Labute approximate surface area is 92.3 Å². The van der Waals surface area contributed by atoms with E-state index in [2.05, 4.69) is 36.5 Å². The Morgan fingerprint density at radius 2 is 2.14 bits per heavy atom. The van der Waals surface area contributed by atoms with Crippen LogP contribution in [-0.2, 0) is 6.42 Å². The molecule has 1 aromatic rings. The molecule has 1 aromatic carbocycles. The summed E-state index contributed by atoms with van der Waals surface area (Å²) in [5.41, 5.74) is 3.09. The van der Waals surface area contributed by atoms with Crippen molar-refractivity contribution in [2.75, 3.05) is 13.1 Å². The van der Waals surface area contributed by atoms with E-state index in [-0.39, 0.29) is 12.4 Å². The summed E-state index contributed by atoms with van der Waals surface area (Å²) in [4.78, 5) is 0. The van der Waals surface area contributed by atoms with Crippen LogP contribution in [0.2, 0.25) is 0 Å². The molecule has 0 amide bonds. The molecule has 1 nitrogen and oxygen atoms in total. The number of aryl methyl sites for hydroxylation is 1. The van der Waals surface area contributed by atoms with Gasteiger partial charge in [0.1, 0.15) is 0 Å². The van der Waals surface area contributed by atoms with Crippen molar-refractivity contribution >= 4 is 12.4 Å². The van der Waals surface area contributed by atoms with Gasteiger partial charge in [0, 0.05) is 6.54 Å². The van der Waals surface area contributed by atoms with Crippen molar-refractivity contribution < 1.29 is 0 Å². The molecule has 0 aromatic heterocycles. The predicted molar refractivity (Wildman–Crippen MR) is 63.3 cm³/mol. The van der Waals surface area contributed by atoms with Crippen LogP contribution < -0.4 is 5.32 Å². The van der Waals surface area contributed by atoms with Crippen molar-refractivity contribution in [2.45, 2.75) is 25.7 Å². The molecule has 1 aliphatic heterocycles. The Morgan fingerprint density at radius 3 is 2.79 bits per heavy atom. The second-order valence-corrected chi connectivity index (χ2v) is 3.74. The lowest BCUT2D eigenvalue weighted by atomic mass is 9.92. The summed E-state index contributed by atoms with van der Waals surface area (Å²) in [5.74, 6) is 0.760. The number of hydrogen-bond acceptors (Lipinski definition) is 1. The first-order chi connectivity index (χ1) is 6.42. The molecule has 0 aliphatic carbocycles. The first-order valence-electron chi connectivity index (χ1n) is 5.20. The Morgan fingerprint density at radius 1 is 1.36 bits per heavy atom. The van der Waals surface area contributed by atoms with Gasteiger partial charge in [0.05, 0.1) is 0 Å². The average Bonchev–Trinajstić information content (AvgIpc) is 2.70. The van der Waals surface area contributed by atoms with Gasteiger partial charge in [-0.3, -0.25) is 0 Å². The predicted octanol–water partition coefficient (Wildman–Crippen LogP) is 2.75. The van der Waals surface area contributed by atoms with Crippen molar-refractivity contribution in [3.05, 3.63) is 35.4 Å². The molecule has 0 radical (unpaired) electrons. The maximum Gasteiger partial charge on any atom is 0.00207 e. The molecule has 2 heteroatoms. The molecule has 1 unspecified atom stereocenters. The fourth-order valence-corrected chi connectivity index (χ4v) is 2.17. The molecule has 0 spiro atoms. The number of hydrogen-bond donors (Lipinski definition) is 1. The molecule has 1 N–H and O–H groups in total. The van der Waals surface area contributed by atoms with Gasteiger partial charge in [-0.1, -0.05) is 31.2 Å². The third-order valence-corrected chi connectivity index (χ3v) is 2.94. The van der Waals surface area contributed by atoms with Gasteiger partial charge in [0.25, 0.3) is 0 Å². The van der Waals surface area contributed by atoms with Crippen molar-refractivity contribution in [1.82, 2.24) is 5.32 Å². The molecular formula is C12H18ClN. The van der Waals surface area contributed by atoms with E-state index in [1.54, 1.807) is 5.56 Å². The number of benzene rings is 1. The van der Waals surface area contributed by atoms with Gasteiger partial charge in [-0.15, -0.1) is 12.4 Å². The molecule has 1 atom stereocenters. The molecule has 78 valence electrons. The maximum absolute atomic E-state index is 3.42. The average molecular weight is 212 g/mol. The second-order valence-electron chi connectivity index (χ2n) is 3.74. The quantitative estimate of drug-likeness (QED) is 0.794. The highest BCUT2D eigenvalue weighted by Crippen LogP contribution is 2.25. The van der Waals surface area contributed by atoms with E-state index in [4.69, 9.17) is 0 Å². The van der Waals surface area contributed by atoms with Gasteiger partial charge in [-0.05, 0) is 36.4 Å². The molecule has 1 heterocycles. The summed E-state index contributed by atoms with van der Waals surface area (Å²) in [7, 11) is 0. The van der Waals surface area contributed by atoms with Crippen LogP contribution in [0.25, 0.3) is 0 Å². The summed E-state index contributed by atoms with van der Waals surface area (Å²) in [6.07, 6.45) is 2.46. The summed E-state index contributed by atoms with van der Waals surface area (Å²) >= 11 is 0. The minimum absolute atomic E-state index is 0. The fourth-order valence-electron chi connectivity index (χ4n) is 2.17. The number of halogens is 1. The van der Waals surface area contributed by atoms with Gasteiger partial charge < -0.3 is 5.32 Å². The van der Waals surface area contributed by atoms with Gasteiger partial charge in [0.15, 0.2) is 0 Å². The molecule has 0 bridgehead atoms. The third-order valence-electron chi connectivity index (χ3n) is 2.94. The van der Waals surface area contributed by atoms with Crippen LogP contribution in [0.1, 0.15) is 30.4 Å². The van der Waals surface area contributed by atoms with Gasteiger partial charge in [-0.2, -0.15) is 0 Å². The van der Waals surface area contributed by atoms with E-state index in [0.29, 0.717) is 0 Å². The normalized spacial score (nSPS) is 20.5. The van der Waals surface area contributed by atoms with Crippen LogP contribution in [0.5, 0.6) is 0 Å². The standard InChI is InChI=1S/C12H17N.ClH/c1-2-10-5-3-4-6-12(10)11-7-8-13-9-11;/h3-6,11,13H,2,7-9H2,1H3;1H. The summed E-state index contributed by atoms with van der Waals surface area (Å²) in [6.45, 7) is 4.58. The van der Waals surface area contributed by atoms with E-state index in [1.165, 1.54) is 18.5 Å². The molecular weight excluding hydrogens is 194 g/mol. The minimum Gasteiger partial charge on any atom is -0.316 e. The SMILES string of the molecule is CCc1ccccc1C1CCNC1.Cl. The van der Waals surface area contributed by atoms with E-state index < -0.39 is 0 Å². The van der Waals surface area contributed by atoms with Gasteiger partial charge >= 0.3 is 0 Å². The van der Waals surface area contributed by atoms with Crippen LogP contribution in [0.4, 0.5) is 0 Å². The molecule has 1 aliphatic rings. The van der Waals surface area contributed by atoms with Crippen LogP contribution in [0.3, 0.4) is 0 Å². The first kappa shape index (κ1) is 11.5. The van der Waals surface area contributed by atoms with Crippen molar-refractivity contribution in [3.63, 3.8) is 0 Å². The van der Waals surface area contributed by atoms with E-state index in [0.717, 1.165) is 18.9 Å². The summed E-state index contributed by atoms with van der Waals surface area (Å²) in [6, 6.07) is 8.85. The lowest BCUT2D eigenvalue weighted by Gasteiger charge is -2.13. The Kier molecular flexibility index (Phi) is 4.43. The second kappa shape index (κ2) is 5.38. The zero-order chi connectivity index (χ0) is 9.10.